The average Bonchev–Trinajstić information content (AvgIpc) is 3.45. The SMILES string of the molecule is C=CCOC(=O)Nc1ccc(NC(=O)c2cc(-c3ccc(NC(=O)c4cc(N)cn4C)cc3)cn2C)cc1.Cl. The van der Waals surface area contributed by atoms with Crippen molar-refractivity contribution in [2.45, 2.75) is 0 Å². The predicted octanol–water partition coefficient (Wildman–Crippen LogP) is 5.27. The van der Waals surface area contributed by atoms with E-state index in [9.17, 15) is 14.4 Å². The van der Waals surface area contributed by atoms with E-state index in [4.69, 9.17) is 10.5 Å². The van der Waals surface area contributed by atoms with Crippen LogP contribution in [0.4, 0.5) is 27.5 Å². The number of aryl methyl sites for hydroxylation is 2. The van der Waals surface area contributed by atoms with E-state index in [1.165, 1.54) is 6.08 Å². The molecular weight excluding hydrogens is 520 g/mol. The van der Waals surface area contributed by atoms with Crippen LogP contribution >= 0.6 is 12.4 Å². The molecule has 202 valence electrons. The molecule has 0 bridgehead atoms. The smallest absolute Gasteiger partial charge is 0.411 e. The number of nitrogens with one attached hydrogen (secondary N) is 3. The zero-order chi connectivity index (χ0) is 27.2. The van der Waals surface area contributed by atoms with Crippen LogP contribution < -0.4 is 21.7 Å². The molecule has 5 N–H and O–H groups in total. The van der Waals surface area contributed by atoms with Gasteiger partial charge in [0.05, 0.1) is 5.69 Å². The lowest BCUT2D eigenvalue weighted by molar-refractivity contribution is 0.101. The molecule has 0 spiro atoms. The predicted molar refractivity (Wildman–Crippen MR) is 155 cm³/mol. The Morgan fingerprint density at radius 2 is 1.28 bits per heavy atom. The summed E-state index contributed by atoms with van der Waals surface area (Å²) in [4.78, 5) is 37.1. The third kappa shape index (κ3) is 7.08. The van der Waals surface area contributed by atoms with Crippen LogP contribution in [-0.2, 0) is 18.8 Å². The fourth-order valence-corrected chi connectivity index (χ4v) is 3.83. The molecule has 4 aromatic rings. The first-order valence-corrected chi connectivity index (χ1v) is 11.7. The highest BCUT2D eigenvalue weighted by molar-refractivity contribution is 6.05. The van der Waals surface area contributed by atoms with E-state index in [1.807, 2.05) is 18.3 Å². The highest BCUT2D eigenvalue weighted by Crippen LogP contribution is 2.25. The van der Waals surface area contributed by atoms with E-state index in [2.05, 4.69) is 22.5 Å². The molecule has 0 unspecified atom stereocenters. The molecule has 39 heavy (non-hydrogen) atoms. The third-order valence-corrected chi connectivity index (χ3v) is 5.69. The summed E-state index contributed by atoms with van der Waals surface area (Å²) in [6.45, 7) is 3.60. The Balaban J connectivity index is 0.00000420. The number of rotatable bonds is 8. The number of ether oxygens (including phenoxy) is 1. The second kappa shape index (κ2) is 12.5. The molecule has 2 aromatic heterocycles. The van der Waals surface area contributed by atoms with Gasteiger partial charge in [-0.1, -0.05) is 24.8 Å². The summed E-state index contributed by atoms with van der Waals surface area (Å²) in [5.41, 5.74) is 10.7. The largest absolute Gasteiger partial charge is 0.445 e. The van der Waals surface area contributed by atoms with Gasteiger partial charge in [0.15, 0.2) is 0 Å². The van der Waals surface area contributed by atoms with Gasteiger partial charge < -0.3 is 30.2 Å². The maximum absolute atomic E-state index is 12.9. The van der Waals surface area contributed by atoms with Gasteiger partial charge in [0.1, 0.15) is 18.0 Å². The number of benzene rings is 2. The molecule has 0 aliphatic heterocycles. The van der Waals surface area contributed by atoms with Crippen LogP contribution in [0.25, 0.3) is 11.1 Å². The highest BCUT2D eigenvalue weighted by Gasteiger charge is 2.15. The monoisotopic (exact) mass is 548 g/mol. The van der Waals surface area contributed by atoms with Gasteiger partial charge >= 0.3 is 6.09 Å². The number of hydrogen-bond acceptors (Lipinski definition) is 5. The minimum Gasteiger partial charge on any atom is -0.445 e. The molecular formula is C28H29ClN6O4. The lowest BCUT2D eigenvalue weighted by Crippen LogP contribution is -2.16. The van der Waals surface area contributed by atoms with Crippen molar-refractivity contribution in [3.05, 3.63) is 97.1 Å². The van der Waals surface area contributed by atoms with Gasteiger partial charge in [-0.2, -0.15) is 0 Å². The first-order valence-electron chi connectivity index (χ1n) is 11.7. The van der Waals surface area contributed by atoms with E-state index in [0.717, 1.165) is 11.1 Å². The van der Waals surface area contributed by atoms with Crippen molar-refractivity contribution in [3.8, 4) is 11.1 Å². The summed E-state index contributed by atoms with van der Waals surface area (Å²) in [5.74, 6) is -0.539. The summed E-state index contributed by atoms with van der Waals surface area (Å²) in [6, 6.07) is 17.4. The van der Waals surface area contributed by atoms with Gasteiger partial charge in [0.25, 0.3) is 11.8 Å². The van der Waals surface area contributed by atoms with E-state index >= 15 is 0 Å². The highest BCUT2D eigenvalue weighted by atomic mass is 35.5. The first-order chi connectivity index (χ1) is 18.2. The normalized spacial score (nSPS) is 10.2. The van der Waals surface area contributed by atoms with Crippen LogP contribution in [-0.4, -0.2) is 33.6 Å². The van der Waals surface area contributed by atoms with E-state index < -0.39 is 6.09 Å². The molecule has 0 saturated heterocycles. The Hall–Kier alpha value is -4.96. The number of nitrogens with zero attached hydrogens (tertiary/aromatic N) is 2. The Morgan fingerprint density at radius 3 is 1.79 bits per heavy atom. The molecule has 0 atom stereocenters. The molecule has 11 heteroatoms. The van der Waals surface area contributed by atoms with E-state index in [-0.39, 0.29) is 30.8 Å². The van der Waals surface area contributed by atoms with Crippen molar-refractivity contribution in [1.82, 2.24) is 9.13 Å². The number of hydrogen-bond donors (Lipinski definition) is 4. The van der Waals surface area contributed by atoms with Crippen LogP contribution in [0.1, 0.15) is 21.0 Å². The van der Waals surface area contributed by atoms with Crippen LogP contribution in [0.3, 0.4) is 0 Å². The second-order valence-electron chi connectivity index (χ2n) is 8.57. The number of nitrogen functional groups attached to an aromatic ring is 1. The third-order valence-electron chi connectivity index (χ3n) is 5.69. The standard InChI is InChI=1S/C28H28N6O4.ClH/c1-4-13-38-28(37)32-23-11-9-22(10-12-23)31-26(35)24-14-19(16-33(24)2)18-5-7-21(8-6-18)30-27(36)25-15-20(29)17-34(25)3;/h4-12,14-17H,1,13,29H2,2-3H3,(H,30,36)(H,31,35)(H,32,37);1H. The van der Waals surface area contributed by atoms with Crippen molar-refractivity contribution in [2.75, 3.05) is 28.3 Å². The minimum atomic E-state index is -0.588. The second-order valence-corrected chi connectivity index (χ2v) is 8.57. The lowest BCUT2D eigenvalue weighted by atomic mass is 10.1. The van der Waals surface area contributed by atoms with Gasteiger partial charge in [-0.05, 0) is 54.1 Å². The Bertz CT molecular complexity index is 1490. The Labute approximate surface area is 231 Å². The average molecular weight is 549 g/mol. The van der Waals surface area contributed by atoms with Gasteiger partial charge in [0.2, 0.25) is 0 Å². The first kappa shape index (κ1) is 28.6. The van der Waals surface area contributed by atoms with Crippen molar-refractivity contribution in [1.29, 1.82) is 0 Å². The van der Waals surface area contributed by atoms with Crippen LogP contribution in [0.5, 0.6) is 0 Å². The fourth-order valence-electron chi connectivity index (χ4n) is 3.83. The van der Waals surface area contributed by atoms with Crippen molar-refractivity contribution >= 4 is 53.1 Å². The van der Waals surface area contributed by atoms with Gasteiger partial charge in [-0.15, -0.1) is 12.4 Å². The summed E-state index contributed by atoms with van der Waals surface area (Å²) in [5, 5.41) is 8.30. The number of carbonyl (C=O) groups excluding carboxylic acids is 3. The molecule has 4 rings (SSSR count). The summed E-state index contributed by atoms with van der Waals surface area (Å²) < 4.78 is 8.29. The molecule has 0 fully saturated rings. The van der Waals surface area contributed by atoms with Crippen LogP contribution in [0.15, 0.2) is 85.7 Å². The van der Waals surface area contributed by atoms with Crippen LogP contribution in [0.2, 0.25) is 0 Å². The zero-order valence-electron chi connectivity index (χ0n) is 21.4. The molecule has 0 aliphatic rings. The summed E-state index contributed by atoms with van der Waals surface area (Å²) >= 11 is 0. The minimum absolute atomic E-state index is 0. The molecule has 0 aliphatic carbocycles. The van der Waals surface area contributed by atoms with Crippen LogP contribution in [0, 0.1) is 0 Å². The number of carbonyl (C=O) groups is 3. The number of nitrogens with two attached hydrogens (primary N) is 1. The van der Waals surface area contributed by atoms with Crippen molar-refractivity contribution in [3.63, 3.8) is 0 Å². The summed E-state index contributed by atoms with van der Waals surface area (Å²) in [6.07, 6.45) is 4.43. The topological polar surface area (TPSA) is 132 Å². The van der Waals surface area contributed by atoms with Gasteiger partial charge in [0, 0.05) is 49.1 Å². The van der Waals surface area contributed by atoms with Gasteiger partial charge in [-0.3, -0.25) is 14.9 Å². The molecule has 10 nitrogen and oxygen atoms in total. The van der Waals surface area contributed by atoms with E-state index in [0.29, 0.717) is 34.1 Å². The Morgan fingerprint density at radius 1 is 0.795 bits per heavy atom. The maximum atomic E-state index is 12.9. The van der Waals surface area contributed by atoms with Gasteiger partial charge in [-0.25, -0.2) is 4.79 Å². The Kier molecular flexibility index (Phi) is 9.19. The summed E-state index contributed by atoms with van der Waals surface area (Å²) in [7, 11) is 3.55. The van der Waals surface area contributed by atoms with Crippen molar-refractivity contribution in [2.24, 2.45) is 14.1 Å². The van der Waals surface area contributed by atoms with Crippen molar-refractivity contribution < 1.29 is 19.1 Å². The number of anilines is 4. The quantitative estimate of drug-likeness (QED) is 0.223. The number of amides is 3. The molecule has 2 heterocycles. The maximum Gasteiger partial charge on any atom is 0.411 e. The molecule has 3 amide bonds. The van der Waals surface area contributed by atoms with E-state index in [1.54, 1.807) is 78.0 Å². The molecule has 0 saturated carbocycles. The molecule has 2 aromatic carbocycles. The molecule has 0 radical (unpaired) electrons. The number of aromatic nitrogens is 2. The lowest BCUT2D eigenvalue weighted by Gasteiger charge is -2.08. The number of halogens is 1. The fraction of sp³-hybridized carbons (Fsp3) is 0.107. The zero-order valence-corrected chi connectivity index (χ0v) is 22.2.